The van der Waals surface area contributed by atoms with Gasteiger partial charge in [0.2, 0.25) is 0 Å². The molecule has 0 amide bonds. The van der Waals surface area contributed by atoms with E-state index in [2.05, 4.69) is 53.4 Å². The minimum Gasteiger partial charge on any atom is -0.294 e. The van der Waals surface area contributed by atoms with Gasteiger partial charge in [0.1, 0.15) is 0 Å². The highest BCUT2D eigenvalue weighted by Gasteiger charge is 2.41. The lowest BCUT2D eigenvalue weighted by Gasteiger charge is -2.53. The van der Waals surface area contributed by atoms with Crippen LogP contribution in [0.2, 0.25) is 0 Å². The van der Waals surface area contributed by atoms with Crippen molar-refractivity contribution >= 4 is 0 Å². The van der Waals surface area contributed by atoms with Crippen molar-refractivity contribution in [2.75, 3.05) is 0 Å². The molecule has 1 heterocycles. The smallest absolute Gasteiger partial charge is 0.0101 e. The maximum atomic E-state index is 2.86. The molecule has 1 heteroatoms. The third-order valence-electron chi connectivity index (χ3n) is 5.79. The van der Waals surface area contributed by atoms with Gasteiger partial charge < -0.3 is 0 Å². The minimum atomic E-state index is 0.745. The molecule has 108 valence electrons. The lowest BCUT2D eigenvalue weighted by Crippen LogP contribution is -2.58. The Morgan fingerprint density at radius 1 is 0.722 bits per heavy atom. The molecule has 0 saturated carbocycles. The lowest BCUT2D eigenvalue weighted by molar-refractivity contribution is -0.0445. The molecule has 0 N–H and O–H groups in total. The van der Waals surface area contributed by atoms with E-state index in [0.29, 0.717) is 0 Å². The van der Waals surface area contributed by atoms with Crippen molar-refractivity contribution in [2.45, 2.75) is 92.3 Å². The van der Waals surface area contributed by atoms with Crippen molar-refractivity contribution in [3.63, 3.8) is 0 Å². The molecular formula is C17H35N. The quantitative estimate of drug-likeness (QED) is 0.669. The van der Waals surface area contributed by atoms with Crippen molar-refractivity contribution in [1.82, 2.24) is 4.90 Å². The van der Waals surface area contributed by atoms with Crippen molar-refractivity contribution in [3.8, 4) is 0 Å². The molecule has 18 heavy (non-hydrogen) atoms. The van der Waals surface area contributed by atoms with Gasteiger partial charge in [-0.2, -0.15) is 0 Å². The summed E-state index contributed by atoms with van der Waals surface area (Å²) in [6, 6.07) is 2.30. The Labute approximate surface area is 115 Å². The fraction of sp³-hybridized carbons (Fsp3) is 1.00. The van der Waals surface area contributed by atoms with Gasteiger partial charge in [0.15, 0.2) is 0 Å². The summed E-state index contributed by atoms with van der Waals surface area (Å²) in [5.41, 5.74) is 0. The van der Waals surface area contributed by atoms with E-state index in [9.17, 15) is 0 Å². The van der Waals surface area contributed by atoms with Crippen LogP contribution >= 0.6 is 0 Å². The SMILES string of the molecule is CCCC(CCC)N1C(C)C(C)C(C)C(C)C1C. The second-order valence-corrected chi connectivity index (χ2v) is 6.74. The highest BCUT2D eigenvalue weighted by atomic mass is 15.2. The average molecular weight is 253 g/mol. The molecule has 4 unspecified atom stereocenters. The van der Waals surface area contributed by atoms with E-state index in [0.717, 1.165) is 35.9 Å². The van der Waals surface area contributed by atoms with Crippen LogP contribution < -0.4 is 0 Å². The Morgan fingerprint density at radius 2 is 1.11 bits per heavy atom. The van der Waals surface area contributed by atoms with Crippen molar-refractivity contribution in [1.29, 1.82) is 0 Å². The molecule has 0 radical (unpaired) electrons. The first-order valence-corrected chi connectivity index (χ1v) is 8.23. The molecule has 0 bridgehead atoms. The molecule has 1 rings (SSSR count). The zero-order valence-corrected chi connectivity index (χ0v) is 13.7. The number of hydrogen-bond acceptors (Lipinski definition) is 1. The minimum absolute atomic E-state index is 0.745. The fourth-order valence-corrected chi connectivity index (χ4v) is 4.05. The Bertz CT molecular complexity index is 216. The molecule has 0 aromatic heterocycles. The molecule has 0 aromatic rings. The van der Waals surface area contributed by atoms with Gasteiger partial charge in [0, 0.05) is 18.1 Å². The third kappa shape index (κ3) is 3.10. The number of rotatable bonds is 5. The molecule has 1 fully saturated rings. The van der Waals surface area contributed by atoms with E-state index in [1.807, 2.05) is 0 Å². The van der Waals surface area contributed by atoms with E-state index < -0.39 is 0 Å². The average Bonchev–Trinajstić information content (AvgIpc) is 2.35. The van der Waals surface area contributed by atoms with Crippen LogP contribution in [0.1, 0.15) is 74.1 Å². The summed E-state index contributed by atoms with van der Waals surface area (Å²) in [6.07, 6.45) is 5.38. The van der Waals surface area contributed by atoms with E-state index in [1.165, 1.54) is 25.7 Å². The zero-order valence-electron chi connectivity index (χ0n) is 13.7. The lowest BCUT2D eigenvalue weighted by atomic mass is 9.72. The fourth-order valence-electron chi connectivity index (χ4n) is 4.05. The van der Waals surface area contributed by atoms with Crippen LogP contribution in [0.4, 0.5) is 0 Å². The van der Waals surface area contributed by atoms with Gasteiger partial charge in [-0.1, -0.05) is 47.5 Å². The predicted molar refractivity (Wildman–Crippen MR) is 81.9 cm³/mol. The number of nitrogens with zero attached hydrogens (tertiary/aromatic N) is 1. The second-order valence-electron chi connectivity index (χ2n) is 6.74. The predicted octanol–water partition coefficient (Wildman–Crippen LogP) is 4.96. The molecule has 0 aromatic carbocycles. The summed E-state index contributed by atoms with van der Waals surface area (Å²) in [4.78, 5) is 2.86. The summed E-state index contributed by atoms with van der Waals surface area (Å²) in [5.74, 6) is 2.51. The van der Waals surface area contributed by atoms with Crippen LogP contribution in [0.5, 0.6) is 0 Å². The molecular weight excluding hydrogens is 218 g/mol. The van der Waals surface area contributed by atoms with Crippen molar-refractivity contribution in [2.24, 2.45) is 17.8 Å². The second kappa shape index (κ2) is 6.93. The van der Waals surface area contributed by atoms with E-state index in [4.69, 9.17) is 0 Å². The van der Waals surface area contributed by atoms with Gasteiger partial charge in [-0.25, -0.2) is 0 Å². The zero-order chi connectivity index (χ0) is 13.9. The summed E-state index contributed by atoms with van der Waals surface area (Å²) < 4.78 is 0. The van der Waals surface area contributed by atoms with E-state index in [-0.39, 0.29) is 0 Å². The van der Waals surface area contributed by atoms with Crippen molar-refractivity contribution in [3.05, 3.63) is 0 Å². The van der Waals surface area contributed by atoms with Gasteiger partial charge >= 0.3 is 0 Å². The maximum absolute atomic E-state index is 2.86. The molecule has 1 aliphatic heterocycles. The summed E-state index contributed by atoms with van der Waals surface area (Å²) in [5, 5.41) is 0. The monoisotopic (exact) mass is 253 g/mol. The van der Waals surface area contributed by atoms with E-state index in [1.54, 1.807) is 0 Å². The standard InChI is InChI=1S/C17H35N/c1-8-10-17(11-9-2)18-15(6)13(4)12(3)14(5)16(18)7/h12-17H,8-11H2,1-7H3. The topological polar surface area (TPSA) is 3.24 Å². The van der Waals surface area contributed by atoms with Gasteiger partial charge in [-0.15, -0.1) is 0 Å². The number of hydrogen-bond donors (Lipinski definition) is 0. The molecule has 0 spiro atoms. The highest BCUT2D eigenvalue weighted by Crippen LogP contribution is 2.39. The first-order valence-electron chi connectivity index (χ1n) is 8.23. The first-order chi connectivity index (χ1) is 8.45. The van der Waals surface area contributed by atoms with Crippen LogP contribution in [-0.2, 0) is 0 Å². The number of piperidine rings is 1. The summed E-state index contributed by atoms with van der Waals surface area (Å²) in [7, 11) is 0. The molecule has 1 nitrogen and oxygen atoms in total. The molecule has 0 aliphatic carbocycles. The Kier molecular flexibility index (Phi) is 6.17. The van der Waals surface area contributed by atoms with Crippen LogP contribution in [0.3, 0.4) is 0 Å². The van der Waals surface area contributed by atoms with Gasteiger partial charge in [0.25, 0.3) is 0 Å². The Hall–Kier alpha value is -0.0400. The number of likely N-dealkylation sites (tertiary alicyclic amines) is 1. The Morgan fingerprint density at radius 3 is 1.44 bits per heavy atom. The largest absolute Gasteiger partial charge is 0.294 e. The molecule has 4 atom stereocenters. The highest BCUT2D eigenvalue weighted by molar-refractivity contribution is 4.94. The maximum Gasteiger partial charge on any atom is 0.0101 e. The van der Waals surface area contributed by atoms with Gasteiger partial charge in [-0.05, 0) is 44.4 Å². The van der Waals surface area contributed by atoms with Crippen LogP contribution in [0.25, 0.3) is 0 Å². The third-order valence-corrected chi connectivity index (χ3v) is 5.79. The first kappa shape index (κ1) is 16.0. The molecule has 1 saturated heterocycles. The summed E-state index contributed by atoms with van der Waals surface area (Å²) in [6.45, 7) is 17.0. The van der Waals surface area contributed by atoms with Crippen LogP contribution in [-0.4, -0.2) is 23.0 Å². The van der Waals surface area contributed by atoms with Crippen LogP contribution in [0, 0.1) is 17.8 Å². The molecule has 1 aliphatic rings. The van der Waals surface area contributed by atoms with Gasteiger partial charge in [-0.3, -0.25) is 4.90 Å². The van der Waals surface area contributed by atoms with Crippen LogP contribution in [0.15, 0.2) is 0 Å². The normalized spacial score (nSPS) is 38.3. The van der Waals surface area contributed by atoms with Crippen molar-refractivity contribution < 1.29 is 0 Å². The summed E-state index contributed by atoms with van der Waals surface area (Å²) >= 11 is 0. The van der Waals surface area contributed by atoms with E-state index >= 15 is 0 Å². The Balaban J connectivity index is 2.88. The van der Waals surface area contributed by atoms with Gasteiger partial charge in [0.05, 0.1) is 0 Å².